The Morgan fingerprint density at radius 2 is 1.72 bits per heavy atom. The van der Waals surface area contributed by atoms with Crippen molar-refractivity contribution in [1.29, 1.82) is 0 Å². The highest BCUT2D eigenvalue weighted by atomic mass is 32.1. The van der Waals surface area contributed by atoms with Gasteiger partial charge in [0.25, 0.3) is 0 Å². The molecule has 0 spiro atoms. The highest BCUT2D eigenvalue weighted by Crippen LogP contribution is 2.29. The van der Waals surface area contributed by atoms with E-state index < -0.39 is 0 Å². The van der Waals surface area contributed by atoms with E-state index in [0.717, 1.165) is 22.6 Å². The number of hydrogen-bond donors (Lipinski definition) is 1. The largest absolute Gasteiger partial charge is 0.493 e. The molecule has 25 heavy (non-hydrogen) atoms. The second-order valence-electron chi connectivity index (χ2n) is 5.58. The zero-order valence-electron chi connectivity index (χ0n) is 14.0. The molecule has 0 atom stereocenters. The number of benzene rings is 2. The molecule has 2 aromatic carbocycles. The molecule has 130 valence electrons. The molecule has 0 saturated carbocycles. The molecule has 1 aromatic heterocycles. The van der Waals surface area contributed by atoms with Crippen LogP contribution in [0.5, 0.6) is 11.5 Å². The molecule has 0 unspecified atom stereocenters. The summed E-state index contributed by atoms with van der Waals surface area (Å²) in [6.07, 6.45) is 0. The summed E-state index contributed by atoms with van der Waals surface area (Å²) >= 11 is 1.67. The Kier molecular flexibility index (Phi) is 6.04. The topological polar surface area (TPSA) is 30.5 Å². The van der Waals surface area contributed by atoms with Crippen molar-refractivity contribution in [3.8, 4) is 11.5 Å². The first kappa shape index (κ1) is 17.5. The lowest BCUT2D eigenvalue weighted by atomic mass is 10.2. The van der Waals surface area contributed by atoms with Crippen LogP contribution >= 0.6 is 11.3 Å². The van der Waals surface area contributed by atoms with E-state index in [9.17, 15) is 4.39 Å². The van der Waals surface area contributed by atoms with Crippen LogP contribution in [0.1, 0.15) is 16.0 Å². The SMILES string of the molecule is COc1cc(CNCc2ccc(F)cc2)ccc1OCc1cccs1. The number of ether oxygens (including phenoxy) is 2. The molecule has 3 nitrogen and oxygen atoms in total. The Morgan fingerprint density at radius 3 is 2.44 bits per heavy atom. The van der Waals surface area contributed by atoms with Crippen LogP contribution < -0.4 is 14.8 Å². The highest BCUT2D eigenvalue weighted by molar-refractivity contribution is 7.09. The van der Waals surface area contributed by atoms with E-state index in [-0.39, 0.29) is 5.82 Å². The summed E-state index contributed by atoms with van der Waals surface area (Å²) < 4.78 is 24.2. The number of halogens is 1. The summed E-state index contributed by atoms with van der Waals surface area (Å²) in [6, 6.07) is 16.5. The molecule has 0 bridgehead atoms. The highest BCUT2D eigenvalue weighted by Gasteiger charge is 2.07. The van der Waals surface area contributed by atoms with Crippen molar-refractivity contribution < 1.29 is 13.9 Å². The van der Waals surface area contributed by atoms with E-state index in [0.29, 0.717) is 19.7 Å². The third kappa shape index (κ3) is 5.05. The fraction of sp³-hybridized carbons (Fsp3) is 0.200. The summed E-state index contributed by atoms with van der Waals surface area (Å²) in [5.74, 6) is 1.24. The van der Waals surface area contributed by atoms with Gasteiger partial charge in [0.05, 0.1) is 7.11 Å². The van der Waals surface area contributed by atoms with Gasteiger partial charge in [-0.05, 0) is 46.8 Å². The van der Waals surface area contributed by atoms with Crippen molar-refractivity contribution in [3.63, 3.8) is 0 Å². The maximum absolute atomic E-state index is 12.9. The fourth-order valence-corrected chi connectivity index (χ4v) is 3.05. The van der Waals surface area contributed by atoms with Crippen molar-refractivity contribution in [2.45, 2.75) is 19.7 Å². The van der Waals surface area contributed by atoms with Crippen molar-refractivity contribution in [3.05, 3.63) is 81.8 Å². The molecule has 5 heteroatoms. The summed E-state index contributed by atoms with van der Waals surface area (Å²) in [6.45, 7) is 1.91. The fourth-order valence-electron chi connectivity index (χ4n) is 2.44. The van der Waals surface area contributed by atoms with Crippen LogP contribution in [0.15, 0.2) is 60.0 Å². The van der Waals surface area contributed by atoms with Gasteiger partial charge in [-0.3, -0.25) is 0 Å². The molecule has 0 aliphatic rings. The van der Waals surface area contributed by atoms with Gasteiger partial charge in [-0.25, -0.2) is 4.39 Å². The number of hydrogen-bond acceptors (Lipinski definition) is 4. The van der Waals surface area contributed by atoms with E-state index in [4.69, 9.17) is 9.47 Å². The third-order valence-corrected chi connectivity index (χ3v) is 4.60. The summed E-state index contributed by atoms with van der Waals surface area (Å²) in [4.78, 5) is 1.17. The smallest absolute Gasteiger partial charge is 0.161 e. The standard InChI is InChI=1S/C20H20FNO2S/c1-23-20-11-16(13-22-12-15-4-7-17(21)8-5-15)6-9-19(20)24-14-18-3-2-10-25-18/h2-11,22H,12-14H2,1H3. The monoisotopic (exact) mass is 357 g/mol. The van der Waals surface area contributed by atoms with Gasteiger partial charge in [0.1, 0.15) is 12.4 Å². The Labute approximate surface area is 151 Å². The van der Waals surface area contributed by atoms with Crippen molar-refractivity contribution in [2.24, 2.45) is 0 Å². The maximum atomic E-state index is 12.9. The van der Waals surface area contributed by atoms with Gasteiger partial charge in [-0.15, -0.1) is 11.3 Å². The number of nitrogens with one attached hydrogen (secondary N) is 1. The van der Waals surface area contributed by atoms with Gasteiger partial charge in [0, 0.05) is 18.0 Å². The Hall–Kier alpha value is -2.37. The lowest BCUT2D eigenvalue weighted by molar-refractivity contribution is 0.287. The van der Waals surface area contributed by atoms with Crippen LogP contribution in [0.4, 0.5) is 4.39 Å². The van der Waals surface area contributed by atoms with Crippen LogP contribution in [0.25, 0.3) is 0 Å². The van der Waals surface area contributed by atoms with Crippen molar-refractivity contribution >= 4 is 11.3 Å². The van der Waals surface area contributed by atoms with Crippen molar-refractivity contribution in [2.75, 3.05) is 7.11 Å². The molecule has 0 saturated heterocycles. The average Bonchev–Trinajstić information content (AvgIpc) is 3.15. The molecule has 0 aliphatic heterocycles. The van der Waals surface area contributed by atoms with Gasteiger partial charge in [-0.2, -0.15) is 0 Å². The number of rotatable bonds is 8. The van der Waals surface area contributed by atoms with E-state index in [1.54, 1.807) is 30.6 Å². The molecular weight excluding hydrogens is 337 g/mol. The van der Waals surface area contributed by atoms with Crippen LogP contribution in [0.3, 0.4) is 0 Å². The Balaban J connectivity index is 1.55. The van der Waals surface area contributed by atoms with Gasteiger partial charge < -0.3 is 14.8 Å². The minimum atomic E-state index is -0.216. The number of methoxy groups -OCH3 is 1. The first-order valence-corrected chi connectivity index (χ1v) is 8.90. The lowest BCUT2D eigenvalue weighted by Crippen LogP contribution is -2.12. The zero-order valence-corrected chi connectivity index (χ0v) is 14.8. The second kappa shape index (κ2) is 8.65. The Bertz CT molecular complexity index is 788. The first-order valence-electron chi connectivity index (χ1n) is 8.02. The summed E-state index contributed by atoms with van der Waals surface area (Å²) in [5, 5.41) is 5.38. The molecule has 0 radical (unpaired) electrons. The first-order chi connectivity index (χ1) is 12.2. The van der Waals surface area contributed by atoms with Gasteiger partial charge in [-0.1, -0.05) is 24.3 Å². The minimum Gasteiger partial charge on any atom is -0.493 e. The molecule has 0 fully saturated rings. The molecule has 3 rings (SSSR count). The van der Waals surface area contributed by atoms with Gasteiger partial charge in [0.2, 0.25) is 0 Å². The van der Waals surface area contributed by atoms with E-state index in [1.165, 1.54) is 17.0 Å². The quantitative estimate of drug-likeness (QED) is 0.630. The molecule has 0 aliphatic carbocycles. The second-order valence-corrected chi connectivity index (χ2v) is 6.62. The van der Waals surface area contributed by atoms with Crippen LogP contribution in [-0.4, -0.2) is 7.11 Å². The molecule has 1 heterocycles. The summed E-state index contributed by atoms with van der Waals surface area (Å²) in [7, 11) is 1.64. The zero-order chi connectivity index (χ0) is 17.5. The molecular formula is C20H20FNO2S. The average molecular weight is 357 g/mol. The molecule has 0 amide bonds. The minimum absolute atomic E-state index is 0.216. The van der Waals surface area contributed by atoms with E-state index >= 15 is 0 Å². The van der Waals surface area contributed by atoms with Crippen LogP contribution in [0.2, 0.25) is 0 Å². The summed E-state index contributed by atoms with van der Waals surface area (Å²) in [5.41, 5.74) is 2.15. The van der Waals surface area contributed by atoms with E-state index in [2.05, 4.69) is 5.32 Å². The molecule has 1 N–H and O–H groups in total. The molecule has 3 aromatic rings. The maximum Gasteiger partial charge on any atom is 0.161 e. The van der Waals surface area contributed by atoms with Gasteiger partial charge in [0.15, 0.2) is 11.5 Å². The van der Waals surface area contributed by atoms with Crippen LogP contribution in [-0.2, 0) is 19.7 Å². The number of thiophene rings is 1. The predicted octanol–water partition coefficient (Wildman–Crippen LogP) is 4.76. The van der Waals surface area contributed by atoms with Crippen molar-refractivity contribution in [1.82, 2.24) is 5.32 Å². The third-order valence-electron chi connectivity index (χ3n) is 3.75. The van der Waals surface area contributed by atoms with Gasteiger partial charge >= 0.3 is 0 Å². The Morgan fingerprint density at radius 1 is 0.960 bits per heavy atom. The van der Waals surface area contributed by atoms with E-state index in [1.807, 2.05) is 35.7 Å². The van der Waals surface area contributed by atoms with Crippen LogP contribution in [0, 0.1) is 5.82 Å². The lowest BCUT2D eigenvalue weighted by Gasteiger charge is -2.12. The predicted molar refractivity (Wildman–Crippen MR) is 98.6 cm³/mol. The normalized spacial score (nSPS) is 10.6.